The van der Waals surface area contributed by atoms with Crippen LogP contribution >= 0.6 is 0 Å². The van der Waals surface area contributed by atoms with Crippen LogP contribution < -0.4 is 10.1 Å². The van der Waals surface area contributed by atoms with Crippen molar-refractivity contribution in [1.82, 2.24) is 14.9 Å². The number of para-hydroxylation sites is 2. The highest BCUT2D eigenvalue weighted by Crippen LogP contribution is 2.28. The molecule has 1 N–H and O–H groups in total. The van der Waals surface area contributed by atoms with Crippen LogP contribution in [0.15, 0.2) is 54.7 Å². The van der Waals surface area contributed by atoms with Gasteiger partial charge in [0, 0.05) is 30.8 Å². The van der Waals surface area contributed by atoms with Crippen molar-refractivity contribution in [2.75, 3.05) is 25.0 Å². The number of amides is 1. The lowest BCUT2D eigenvalue weighted by Crippen LogP contribution is -2.21. The van der Waals surface area contributed by atoms with Crippen molar-refractivity contribution in [3.8, 4) is 5.75 Å². The first-order valence-electron chi connectivity index (χ1n) is 11.4. The highest BCUT2D eigenvalue weighted by atomic mass is 19.1. The first kappa shape index (κ1) is 22.9. The molecule has 3 aromatic rings. The lowest BCUT2D eigenvalue weighted by molar-refractivity contribution is 0.102. The van der Waals surface area contributed by atoms with Gasteiger partial charge >= 0.3 is 0 Å². The molecule has 33 heavy (non-hydrogen) atoms. The molecule has 1 saturated heterocycles. The van der Waals surface area contributed by atoms with E-state index in [1.807, 2.05) is 18.2 Å². The summed E-state index contributed by atoms with van der Waals surface area (Å²) in [6, 6.07) is 14.3. The zero-order valence-corrected chi connectivity index (χ0v) is 19.1. The Morgan fingerprint density at radius 1 is 1.21 bits per heavy atom. The fraction of sp³-hybridized carbons (Fsp3) is 0.346. The molecule has 0 spiro atoms. The van der Waals surface area contributed by atoms with Gasteiger partial charge in [0.1, 0.15) is 17.4 Å². The van der Waals surface area contributed by atoms with Crippen LogP contribution in [0.3, 0.4) is 0 Å². The summed E-state index contributed by atoms with van der Waals surface area (Å²) < 4.78 is 19.8. The molecule has 0 aliphatic carbocycles. The lowest BCUT2D eigenvalue weighted by Gasteiger charge is -2.18. The maximum Gasteiger partial charge on any atom is 0.259 e. The molecule has 0 bridgehead atoms. The summed E-state index contributed by atoms with van der Waals surface area (Å²) in [5.41, 5.74) is 2.26. The average Bonchev–Trinajstić information content (AvgIpc) is 3.28. The molecule has 4 rings (SSSR count). The minimum absolute atomic E-state index is 0.139. The smallest absolute Gasteiger partial charge is 0.259 e. The number of ether oxygens (including phenoxy) is 1. The van der Waals surface area contributed by atoms with Gasteiger partial charge in [-0.2, -0.15) is 0 Å². The van der Waals surface area contributed by atoms with E-state index in [0.29, 0.717) is 17.9 Å². The van der Waals surface area contributed by atoms with Gasteiger partial charge in [-0.1, -0.05) is 37.3 Å². The first-order valence-corrected chi connectivity index (χ1v) is 11.4. The second-order valence-electron chi connectivity index (χ2n) is 8.34. The van der Waals surface area contributed by atoms with Crippen LogP contribution in [-0.4, -0.2) is 40.5 Å². The number of halogens is 1. The van der Waals surface area contributed by atoms with Crippen molar-refractivity contribution in [2.24, 2.45) is 0 Å². The van der Waals surface area contributed by atoms with E-state index in [0.717, 1.165) is 44.0 Å². The number of nitrogens with one attached hydrogen (secondary N) is 1. The highest BCUT2D eigenvalue weighted by Gasteiger charge is 2.27. The maximum atomic E-state index is 13.9. The van der Waals surface area contributed by atoms with Gasteiger partial charge in [-0.25, -0.2) is 14.4 Å². The van der Waals surface area contributed by atoms with Gasteiger partial charge in [0.25, 0.3) is 5.91 Å². The number of hydrogen-bond acceptors (Lipinski definition) is 5. The van der Waals surface area contributed by atoms with Gasteiger partial charge in [-0.3, -0.25) is 9.69 Å². The number of anilines is 1. The molecule has 6 nitrogen and oxygen atoms in total. The largest absolute Gasteiger partial charge is 0.493 e. The number of carbonyl (C=O) groups excluding carboxylic acids is 1. The summed E-state index contributed by atoms with van der Waals surface area (Å²) in [4.78, 5) is 24.1. The number of nitrogens with zero attached hydrogens (tertiary/aromatic N) is 3. The van der Waals surface area contributed by atoms with Crippen molar-refractivity contribution in [1.29, 1.82) is 0 Å². The van der Waals surface area contributed by atoms with Gasteiger partial charge < -0.3 is 10.1 Å². The molecular weight excluding hydrogens is 419 g/mol. The number of rotatable bonds is 8. The Labute approximate surface area is 193 Å². The number of likely N-dealkylation sites (tertiary alicyclic amines) is 1. The Balaban J connectivity index is 1.40. The second kappa shape index (κ2) is 10.5. The zero-order valence-electron chi connectivity index (χ0n) is 19.1. The maximum absolute atomic E-state index is 13.9. The van der Waals surface area contributed by atoms with Crippen molar-refractivity contribution in [3.63, 3.8) is 0 Å². The number of hydrogen-bond donors (Lipinski definition) is 1. The molecule has 0 saturated carbocycles. The summed E-state index contributed by atoms with van der Waals surface area (Å²) in [6.07, 6.45) is 3.48. The second-order valence-corrected chi connectivity index (χ2v) is 8.34. The van der Waals surface area contributed by atoms with Crippen molar-refractivity contribution < 1.29 is 13.9 Å². The molecular formula is C26H29FN4O2. The van der Waals surface area contributed by atoms with Crippen LogP contribution in [0.1, 0.15) is 53.1 Å². The van der Waals surface area contributed by atoms with Gasteiger partial charge in [0.15, 0.2) is 0 Å². The van der Waals surface area contributed by atoms with Gasteiger partial charge in [0.2, 0.25) is 0 Å². The number of benzene rings is 2. The van der Waals surface area contributed by atoms with Gasteiger partial charge in [0.05, 0.1) is 23.6 Å². The predicted octanol–water partition coefficient (Wildman–Crippen LogP) is 4.95. The molecule has 1 aliphatic heterocycles. The van der Waals surface area contributed by atoms with E-state index in [2.05, 4.69) is 33.2 Å². The molecule has 2 aromatic carbocycles. The standard InChI is InChI=1S/C26H29FN4O2/c1-3-14-33-24-11-7-4-8-19(24)16-31-13-12-20(17-31)25-28-15-21(18(2)29-25)26(32)30-23-10-6-5-9-22(23)27/h4-11,15,20H,3,12-14,16-17H2,1-2H3,(H,30,32). The lowest BCUT2D eigenvalue weighted by atomic mass is 10.1. The van der Waals surface area contributed by atoms with E-state index in [1.165, 1.54) is 17.7 Å². The molecule has 7 heteroatoms. The number of aryl methyl sites for hydroxylation is 1. The van der Waals surface area contributed by atoms with Crippen LogP contribution in [0.5, 0.6) is 5.75 Å². The first-order chi connectivity index (χ1) is 16.0. The van der Waals surface area contributed by atoms with Crippen LogP contribution in [-0.2, 0) is 6.54 Å². The fourth-order valence-electron chi connectivity index (χ4n) is 4.07. The average molecular weight is 449 g/mol. The summed E-state index contributed by atoms with van der Waals surface area (Å²) in [7, 11) is 0. The van der Waals surface area contributed by atoms with Gasteiger partial charge in [-0.05, 0) is 44.5 Å². The Hall–Kier alpha value is -3.32. The van der Waals surface area contributed by atoms with Crippen molar-refractivity contribution in [2.45, 2.75) is 39.2 Å². The minimum Gasteiger partial charge on any atom is -0.493 e. The Morgan fingerprint density at radius 2 is 2.00 bits per heavy atom. The van der Waals surface area contributed by atoms with E-state index in [-0.39, 0.29) is 11.6 Å². The number of aromatic nitrogens is 2. The van der Waals surface area contributed by atoms with Crippen LogP contribution in [0.25, 0.3) is 0 Å². The van der Waals surface area contributed by atoms with Crippen LogP contribution in [0.4, 0.5) is 10.1 Å². The molecule has 1 unspecified atom stereocenters. The predicted molar refractivity (Wildman–Crippen MR) is 126 cm³/mol. The third kappa shape index (κ3) is 5.54. The monoisotopic (exact) mass is 448 g/mol. The van der Waals surface area contributed by atoms with E-state index < -0.39 is 11.7 Å². The molecule has 1 atom stereocenters. The van der Waals surface area contributed by atoms with Crippen LogP contribution in [0.2, 0.25) is 0 Å². The van der Waals surface area contributed by atoms with E-state index in [9.17, 15) is 9.18 Å². The molecule has 0 radical (unpaired) electrons. The Kier molecular flexibility index (Phi) is 7.29. The normalized spacial score (nSPS) is 16.0. The minimum atomic E-state index is -0.478. The molecule has 172 valence electrons. The summed E-state index contributed by atoms with van der Waals surface area (Å²) in [5, 5.41) is 2.60. The quantitative estimate of drug-likeness (QED) is 0.528. The topological polar surface area (TPSA) is 67.3 Å². The van der Waals surface area contributed by atoms with Gasteiger partial charge in [-0.15, -0.1) is 0 Å². The zero-order chi connectivity index (χ0) is 23.2. The third-order valence-electron chi connectivity index (χ3n) is 5.83. The Morgan fingerprint density at radius 3 is 2.79 bits per heavy atom. The molecule has 1 amide bonds. The van der Waals surface area contributed by atoms with Crippen LogP contribution in [0, 0.1) is 12.7 Å². The SMILES string of the molecule is CCCOc1ccccc1CN1CCC(c2ncc(C(=O)Nc3ccccc3F)c(C)n2)C1. The fourth-order valence-corrected chi connectivity index (χ4v) is 4.07. The van der Waals surface area contributed by atoms with Crippen molar-refractivity contribution >= 4 is 11.6 Å². The van der Waals surface area contributed by atoms with E-state index in [1.54, 1.807) is 25.3 Å². The highest BCUT2D eigenvalue weighted by molar-refractivity contribution is 6.04. The molecule has 1 fully saturated rings. The van der Waals surface area contributed by atoms with E-state index in [4.69, 9.17) is 4.74 Å². The Bertz CT molecular complexity index is 1120. The molecule has 1 aliphatic rings. The number of carbonyl (C=O) groups is 1. The van der Waals surface area contributed by atoms with Crippen molar-refractivity contribution in [3.05, 3.63) is 83.2 Å². The summed E-state index contributed by atoms with van der Waals surface area (Å²) >= 11 is 0. The molecule has 1 aromatic heterocycles. The summed E-state index contributed by atoms with van der Waals surface area (Å²) in [6.45, 7) is 7.22. The third-order valence-corrected chi connectivity index (χ3v) is 5.83. The molecule has 2 heterocycles. The van der Waals surface area contributed by atoms with E-state index >= 15 is 0 Å². The summed E-state index contributed by atoms with van der Waals surface area (Å²) in [5.74, 6) is 0.999.